The van der Waals surface area contributed by atoms with E-state index >= 15 is 0 Å². The van der Waals surface area contributed by atoms with E-state index in [0.29, 0.717) is 13.2 Å². The number of nitrogens with zero attached hydrogens (tertiary/aromatic N) is 1. The minimum Gasteiger partial charge on any atom is -0.493 e. The maximum absolute atomic E-state index is 11.1. The molecule has 0 aromatic heterocycles. The number of benzene rings is 3. The molecule has 5 rings (SSSR count). The summed E-state index contributed by atoms with van der Waals surface area (Å²) in [5, 5.41) is 12.7. The summed E-state index contributed by atoms with van der Waals surface area (Å²) in [6, 6.07) is 20.0. The first kappa shape index (κ1) is 21.0. The Morgan fingerprint density at radius 1 is 1.09 bits per heavy atom. The zero-order valence-corrected chi connectivity index (χ0v) is 18.5. The molecule has 0 aliphatic carbocycles. The van der Waals surface area contributed by atoms with Crippen LogP contribution in [0.2, 0.25) is 0 Å². The molecule has 2 heterocycles. The standard InChI is InChI=1S/C26H27N3O4/c1-2-29(19-9-6-17(27)7-10-19)23-5-3-4-21-22(15-33-26(21)23)28-18-8-11-20-16(12-25(30)31)14-32-24(20)13-18/h3-11,13,16,22,28H,2,12,14-15,27H2,1H3,(H,30,31)/t16-,22?/m1/s1. The number of nitrogens with one attached hydrogen (secondary N) is 1. The number of hydrogen-bond acceptors (Lipinski definition) is 6. The van der Waals surface area contributed by atoms with Crippen molar-refractivity contribution in [2.45, 2.75) is 25.3 Å². The van der Waals surface area contributed by atoms with Crippen LogP contribution in [0, 0.1) is 0 Å². The van der Waals surface area contributed by atoms with Crippen molar-refractivity contribution in [2.75, 3.05) is 35.7 Å². The highest BCUT2D eigenvalue weighted by molar-refractivity contribution is 5.73. The van der Waals surface area contributed by atoms with Gasteiger partial charge in [-0.2, -0.15) is 0 Å². The van der Waals surface area contributed by atoms with E-state index in [9.17, 15) is 4.79 Å². The van der Waals surface area contributed by atoms with Crippen molar-refractivity contribution in [1.82, 2.24) is 0 Å². The van der Waals surface area contributed by atoms with Gasteiger partial charge in [-0.05, 0) is 43.3 Å². The number of carbonyl (C=O) groups is 1. The van der Waals surface area contributed by atoms with E-state index in [-0.39, 0.29) is 18.4 Å². The Balaban J connectivity index is 1.38. The molecule has 1 unspecified atom stereocenters. The molecule has 2 aliphatic heterocycles. The van der Waals surface area contributed by atoms with Gasteiger partial charge in [0.25, 0.3) is 0 Å². The summed E-state index contributed by atoms with van der Waals surface area (Å²) >= 11 is 0. The number of rotatable bonds is 7. The van der Waals surface area contributed by atoms with Crippen LogP contribution < -0.4 is 25.4 Å². The van der Waals surface area contributed by atoms with Crippen molar-refractivity contribution in [1.29, 1.82) is 0 Å². The van der Waals surface area contributed by atoms with Crippen molar-refractivity contribution in [3.63, 3.8) is 0 Å². The van der Waals surface area contributed by atoms with E-state index in [4.69, 9.17) is 20.3 Å². The van der Waals surface area contributed by atoms with Gasteiger partial charge in [-0.3, -0.25) is 4.79 Å². The second-order valence-corrected chi connectivity index (χ2v) is 8.40. The molecular formula is C26H27N3O4. The topological polar surface area (TPSA) is 97.0 Å². The smallest absolute Gasteiger partial charge is 0.304 e. The number of nitrogens with two attached hydrogens (primary N) is 1. The second kappa shape index (κ2) is 8.58. The number of hydrogen-bond donors (Lipinski definition) is 3. The van der Waals surface area contributed by atoms with Crippen molar-refractivity contribution in [3.05, 3.63) is 71.8 Å². The van der Waals surface area contributed by atoms with Gasteiger partial charge in [0.15, 0.2) is 0 Å². The fourth-order valence-corrected chi connectivity index (χ4v) is 4.66. The number of aliphatic carboxylic acids is 1. The van der Waals surface area contributed by atoms with Crippen LogP contribution in [-0.2, 0) is 4.79 Å². The normalized spacial score (nSPS) is 18.1. The molecule has 0 bridgehead atoms. The Hall–Kier alpha value is -3.87. The summed E-state index contributed by atoms with van der Waals surface area (Å²) in [6.45, 7) is 3.83. The summed E-state index contributed by atoms with van der Waals surface area (Å²) < 4.78 is 11.9. The van der Waals surface area contributed by atoms with Crippen LogP contribution in [0.15, 0.2) is 60.7 Å². The van der Waals surface area contributed by atoms with Gasteiger partial charge >= 0.3 is 5.97 Å². The first-order valence-corrected chi connectivity index (χ1v) is 11.2. The first-order chi connectivity index (χ1) is 16.0. The highest BCUT2D eigenvalue weighted by Crippen LogP contribution is 2.44. The predicted octanol–water partition coefficient (Wildman–Crippen LogP) is 4.92. The zero-order valence-electron chi connectivity index (χ0n) is 18.5. The molecule has 3 aromatic carbocycles. The highest BCUT2D eigenvalue weighted by Gasteiger charge is 2.30. The average Bonchev–Trinajstić information content (AvgIpc) is 3.40. The van der Waals surface area contributed by atoms with E-state index in [2.05, 4.69) is 35.3 Å². The third kappa shape index (κ3) is 4.02. The SMILES string of the molecule is CCN(c1ccc(N)cc1)c1cccc2c1OCC2Nc1ccc2c(c1)OC[C@H]2CC(=O)O. The fraction of sp³-hybridized carbons (Fsp3) is 0.269. The van der Waals surface area contributed by atoms with Crippen LogP contribution in [-0.4, -0.2) is 30.8 Å². The maximum Gasteiger partial charge on any atom is 0.304 e. The minimum absolute atomic E-state index is 0.000608. The number of nitrogen functional groups attached to an aromatic ring is 1. The van der Waals surface area contributed by atoms with Crippen LogP contribution in [0.4, 0.5) is 22.7 Å². The van der Waals surface area contributed by atoms with E-state index in [1.807, 2.05) is 42.5 Å². The van der Waals surface area contributed by atoms with Gasteiger partial charge in [0.1, 0.15) is 18.1 Å². The molecule has 7 heteroatoms. The molecule has 170 valence electrons. The molecule has 2 atom stereocenters. The Morgan fingerprint density at radius 3 is 2.67 bits per heavy atom. The van der Waals surface area contributed by atoms with Gasteiger partial charge in [0.2, 0.25) is 0 Å². The van der Waals surface area contributed by atoms with E-state index in [0.717, 1.165) is 51.9 Å². The fourth-order valence-electron chi connectivity index (χ4n) is 4.66. The first-order valence-electron chi connectivity index (χ1n) is 11.2. The maximum atomic E-state index is 11.1. The van der Waals surface area contributed by atoms with Crippen LogP contribution in [0.25, 0.3) is 0 Å². The Morgan fingerprint density at radius 2 is 1.91 bits per heavy atom. The van der Waals surface area contributed by atoms with Gasteiger partial charge in [0.05, 0.1) is 24.8 Å². The summed E-state index contributed by atoms with van der Waals surface area (Å²) in [6.07, 6.45) is 0.0777. The van der Waals surface area contributed by atoms with Gasteiger partial charge in [-0.1, -0.05) is 18.2 Å². The van der Waals surface area contributed by atoms with Crippen LogP contribution in [0.5, 0.6) is 11.5 Å². The zero-order chi connectivity index (χ0) is 22.9. The van der Waals surface area contributed by atoms with Gasteiger partial charge < -0.3 is 30.5 Å². The summed E-state index contributed by atoms with van der Waals surface area (Å²) in [5.74, 6) is 0.722. The molecule has 0 saturated heterocycles. The Labute approximate surface area is 192 Å². The molecule has 0 amide bonds. The lowest BCUT2D eigenvalue weighted by Crippen LogP contribution is -2.16. The molecule has 3 aromatic rings. The van der Waals surface area contributed by atoms with Gasteiger partial charge in [0, 0.05) is 46.7 Å². The van der Waals surface area contributed by atoms with Crippen LogP contribution in [0.3, 0.4) is 0 Å². The van der Waals surface area contributed by atoms with Crippen LogP contribution in [0.1, 0.15) is 36.4 Å². The molecule has 0 saturated carbocycles. The molecule has 0 radical (unpaired) electrons. The number of anilines is 4. The van der Waals surface area contributed by atoms with Gasteiger partial charge in [-0.25, -0.2) is 0 Å². The molecule has 33 heavy (non-hydrogen) atoms. The summed E-state index contributed by atoms with van der Waals surface area (Å²) in [5.41, 5.74) is 11.7. The Kier molecular flexibility index (Phi) is 5.46. The largest absolute Gasteiger partial charge is 0.493 e. The van der Waals surface area contributed by atoms with E-state index in [1.54, 1.807) is 0 Å². The molecule has 4 N–H and O–H groups in total. The Bertz CT molecular complexity index is 1180. The molecular weight excluding hydrogens is 418 g/mol. The van der Waals surface area contributed by atoms with E-state index in [1.165, 1.54) is 0 Å². The van der Waals surface area contributed by atoms with Crippen molar-refractivity contribution in [2.24, 2.45) is 0 Å². The highest BCUT2D eigenvalue weighted by atomic mass is 16.5. The molecule has 0 fully saturated rings. The number of ether oxygens (including phenoxy) is 2. The lowest BCUT2D eigenvalue weighted by molar-refractivity contribution is -0.137. The summed E-state index contributed by atoms with van der Waals surface area (Å²) in [4.78, 5) is 13.3. The van der Waals surface area contributed by atoms with Crippen LogP contribution >= 0.6 is 0 Å². The predicted molar refractivity (Wildman–Crippen MR) is 129 cm³/mol. The monoisotopic (exact) mass is 445 g/mol. The van der Waals surface area contributed by atoms with Crippen molar-refractivity contribution < 1.29 is 19.4 Å². The molecule has 7 nitrogen and oxygen atoms in total. The number of carboxylic acid groups (broad SMARTS) is 1. The number of fused-ring (bicyclic) bond motifs is 2. The minimum atomic E-state index is -0.811. The quantitative estimate of drug-likeness (QED) is 0.444. The lowest BCUT2D eigenvalue weighted by Gasteiger charge is -2.25. The number of para-hydroxylation sites is 1. The number of carboxylic acids is 1. The average molecular weight is 446 g/mol. The van der Waals surface area contributed by atoms with Gasteiger partial charge in [-0.15, -0.1) is 0 Å². The third-order valence-corrected chi connectivity index (χ3v) is 6.26. The second-order valence-electron chi connectivity index (χ2n) is 8.40. The van der Waals surface area contributed by atoms with E-state index < -0.39 is 5.97 Å². The van der Waals surface area contributed by atoms with Crippen molar-refractivity contribution in [3.8, 4) is 11.5 Å². The lowest BCUT2D eigenvalue weighted by atomic mass is 9.97. The third-order valence-electron chi connectivity index (χ3n) is 6.26. The molecule has 2 aliphatic rings. The molecule has 0 spiro atoms. The summed E-state index contributed by atoms with van der Waals surface area (Å²) in [7, 11) is 0. The van der Waals surface area contributed by atoms with Crippen molar-refractivity contribution >= 4 is 28.7 Å².